The van der Waals surface area contributed by atoms with Gasteiger partial charge in [0.05, 0.1) is 11.4 Å². The van der Waals surface area contributed by atoms with Crippen LogP contribution in [0.25, 0.3) is 0 Å². The van der Waals surface area contributed by atoms with Gasteiger partial charge < -0.3 is 9.80 Å². The minimum atomic E-state index is -3.36. The van der Waals surface area contributed by atoms with E-state index in [2.05, 4.69) is 9.30 Å². The molecule has 1 aliphatic carbocycles. The summed E-state index contributed by atoms with van der Waals surface area (Å²) in [5.41, 5.74) is 1.66. The molecule has 1 saturated heterocycles. The Balaban J connectivity index is 1.42. The molecular weight excluding hydrogens is 382 g/mol. The van der Waals surface area contributed by atoms with Crippen LogP contribution in [-0.2, 0) is 10.0 Å². The molecule has 0 N–H and O–H groups in total. The number of piperidine rings is 1. The monoisotopic (exact) mass is 405 g/mol. The van der Waals surface area contributed by atoms with Crippen LogP contribution < -0.4 is 4.90 Å². The molecule has 1 amide bonds. The van der Waals surface area contributed by atoms with Gasteiger partial charge in [-0.2, -0.15) is 0 Å². The molecule has 3 aliphatic heterocycles. The molecule has 1 saturated carbocycles. The molecular formula is C19H23N3O3S2. The van der Waals surface area contributed by atoms with E-state index in [0.717, 1.165) is 30.0 Å². The number of carbonyl (C=O) groups excluding carboxylic acids is 1. The molecule has 0 radical (unpaired) electrons. The van der Waals surface area contributed by atoms with Gasteiger partial charge >= 0.3 is 0 Å². The van der Waals surface area contributed by atoms with Crippen LogP contribution in [0.3, 0.4) is 0 Å². The number of rotatable bonds is 1. The molecule has 1 aromatic carbocycles. The Morgan fingerprint density at radius 2 is 1.93 bits per heavy atom. The van der Waals surface area contributed by atoms with Crippen LogP contribution in [0.1, 0.15) is 48.9 Å². The van der Waals surface area contributed by atoms with Crippen molar-refractivity contribution in [2.45, 2.75) is 49.5 Å². The quantitative estimate of drug-likeness (QED) is 0.718. The van der Waals surface area contributed by atoms with Crippen molar-refractivity contribution in [1.82, 2.24) is 4.90 Å². The van der Waals surface area contributed by atoms with Crippen molar-refractivity contribution in [3.05, 3.63) is 23.8 Å². The number of thioether (sulfide) groups is 1. The first-order valence-electron chi connectivity index (χ1n) is 9.75. The van der Waals surface area contributed by atoms with E-state index in [9.17, 15) is 13.2 Å². The molecule has 6 nitrogen and oxygen atoms in total. The average molecular weight is 406 g/mol. The normalized spacial score (nSPS) is 28.8. The van der Waals surface area contributed by atoms with Crippen LogP contribution in [0.2, 0.25) is 0 Å². The molecule has 0 bridgehead atoms. The average Bonchev–Trinajstić information content (AvgIpc) is 3.02. The van der Waals surface area contributed by atoms with Crippen LogP contribution in [0.15, 0.2) is 27.5 Å². The summed E-state index contributed by atoms with van der Waals surface area (Å²) in [7, 11) is -3.36. The van der Waals surface area contributed by atoms with Crippen LogP contribution in [0.4, 0.5) is 5.69 Å². The lowest BCUT2D eigenvalue weighted by atomic mass is 9.78. The van der Waals surface area contributed by atoms with Crippen LogP contribution >= 0.6 is 11.8 Å². The second-order valence-corrected chi connectivity index (χ2v) is 10.6. The minimum Gasteiger partial charge on any atom is -0.335 e. The van der Waals surface area contributed by atoms with Crippen LogP contribution in [0.5, 0.6) is 0 Å². The Bertz CT molecular complexity index is 926. The van der Waals surface area contributed by atoms with Gasteiger partial charge in [-0.3, -0.25) is 4.79 Å². The van der Waals surface area contributed by atoms with Crippen molar-refractivity contribution in [2.75, 3.05) is 23.7 Å². The third kappa shape index (κ3) is 3.06. The topological polar surface area (TPSA) is 70.0 Å². The lowest BCUT2D eigenvalue weighted by Gasteiger charge is -2.44. The Kier molecular flexibility index (Phi) is 4.23. The highest BCUT2D eigenvalue weighted by Gasteiger charge is 2.37. The standard InChI is InChI=1S/C19H23N3O3S2/c23-18(21-9-3-5-13-4-1-2-6-15(13)21)14-7-8-16-17(12-14)26-19-20-27(24,25)11-10-22(16)19/h7-8,12-13,15H,1-6,9-11H2. The highest BCUT2D eigenvalue weighted by molar-refractivity contribution is 8.15. The lowest BCUT2D eigenvalue weighted by molar-refractivity contribution is 0.0390. The second-order valence-electron chi connectivity index (χ2n) is 7.85. The third-order valence-corrected chi connectivity index (χ3v) is 8.53. The van der Waals surface area contributed by atoms with E-state index >= 15 is 0 Å². The highest BCUT2D eigenvalue weighted by atomic mass is 32.2. The van der Waals surface area contributed by atoms with E-state index in [1.807, 2.05) is 23.1 Å². The third-order valence-electron chi connectivity index (χ3n) is 6.22. The summed E-state index contributed by atoms with van der Waals surface area (Å²) in [6.45, 7) is 1.27. The fraction of sp³-hybridized carbons (Fsp3) is 0.579. The molecule has 2 atom stereocenters. The number of sulfonamides is 1. The summed E-state index contributed by atoms with van der Waals surface area (Å²) >= 11 is 1.35. The van der Waals surface area contributed by atoms with E-state index in [1.165, 1.54) is 37.4 Å². The first-order chi connectivity index (χ1) is 13.0. The second kappa shape index (κ2) is 6.51. The van der Waals surface area contributed by atoms with Gasteiger partial charge in [0.1, 0.15) is 0 Å². The summed E-state index contributed by atoms with van der Waals surface area (Å²) in [6.07, 6.45) is 7.22. The first kappa shape index (κ1) is 17.6. The van der Waals surface area contributed by atoms with Gasteiger partial charge in [-0.15, -0.1) is 4.40 Å². The maximum Gasteiger partial charge on any atom is 0.257 e. The summed E-state index contributed by atoms with van der Waals surface area (Å²) in [4.78, 5) is 18.2. The van der Waals surface area contributed by atoms with Crippen molar-refractivity contribution >= 4 is 38.5 Å². The highest BCUT2D eigenvalue weighted by Crippen LogP contribution is 2.43. The number of likely N-dealkylation sites (tertiary alicyclic amines) is 1. The first-order valence-corrected chi connectivity index (χ1v) is 12.2. The van der Waals surface area contributed by atoms with Gasteiger partial charge in [0.15, 0.2) is 5.17 Å². The van der Waals surface area contributed by atoms with E-state index in [-0.39, 0.29) is 11.7 Å². The minimum absolute atomic E-state index is 0.0357. The molecule has 4 aliphatic rings. The van der Waals surface area contributed by atoms with Gasteiger partial charge in [-0.1, -0.05) is 12.8 Å². The number of fused-ring (bicyclic) bond motifs is 4. The van der Waals surface area contributed by atoms with Crippen molar-refractivity contribution in [2.24, 2.45) is 10.3 Å². The molecule has 5 rings (SSSR count). The molecule has 8 heteroatoms. The number of amidine groups is 1. The Labute approximate surface area is 164 Å². The fourth-order valence-corrected chi connectivity index (χ4v) is 7.20. The van der Waals surface area contributed by atoms with Gasteiger partial charge in [0.25, 0.3) is 15.9 Å². The SMILES string of the molecule is O=C(c1ccc2c(c1)SC1=NS(=O)(=O)CCN12)N1CCCC2CCCCC21. The predicted octanol–water partition coefficient (Wildman–Crippen LogP) is 3.09. The van der Waals surface area contributed by atoms with E-state index in [4.69, 9.17) is 0 Å². The number of benzene rings is 1. The van der Waals surface area contributed by atoms with E-state index in [1.54, 1.807) is 0 Å². The number of nitrogens with zero attached hydrogens (tertiary/aromatic N) is 3. The predicted molar refractivity (Wildman–Crippen MR) is 107 cm³/mol. The Hall–Kier alpha value is -1.54. The number of amides is 1. The zero-order chi connectivity index (χ0) is 18.6. The van der Waals surface area contributed by atoms with Gasteiger partial charge in [0.2, 0.25) is 0 Å². The maximum absolute atomic E-state index is 13.2. The molecule has 1 aromatic rings. The Morgan fingerprint density at radius 3 is 2.81 bits per heavy atom. The van der Waals surface area contributed by atoms with E-state index in [0.29, 0.717) is 29.2 Å². The molecule has 0 spiro atoms. The van der Waals surface area contributed by atoms with Crippen LogP contribution in [0, 0.1) is 5.92 Å². The Morgan fingerprint density at radius 1 is 1.11 bits per heavy atom. The van der Waals surface area contributed by atoms with Crippen molar-refractivity contribution in [3.63, 3.8) is 0 Å². The molecule has 27 heavy (non-hydrogen) atoms. The summed E-state index contributed by atoms with van der Waals surface area (Å²) < 4.78 is 27.4. The lowest BCUT2D eigenvalue weighted by Crippen LogP contribution is -2.49. The molecule has 2 fully saturated rings. The van der Waals surface area contributed by atoms with Crippen molar-refractivity contribution in [3.8, 4) is 0 Å². The van der Waals surface area contributed by atoms with Gasteiger partial charge in [-0.25, -0.2) is 8.42 Å². The number of hydrogen-bond acceptors (Lipinski definition) is 5. The molecule has 3 heterocycles. The molecule has 0 aromatic heterocycles. The van der Waals surface area contributed by atoms with Gasteiger partial charge in [-0.05, 0) is 61.6 Å². The van der Waals surface area contributed by atoms with Crippen LogP contribution in [-0.4, -0.2) is 49.3 Å². The smallest absolute Gasteiger partial charge is 0.257 e. The maximum atomic E-state index is 13.2. The summed E-state index contributed by atoms with van der Waals surface area (Å²) in [6, 6.07) is 6.14. The molecule has 144 valence electrons. The summed E-state index contributed by atoms with van der Waals surface area (Å²) in [5, 5.41) is 0.506. The number of anilines is 1. The molecule has 2 unspecified atom stereocenters. The fourth-order valence-electron chi connectivity index (χ4n) is 4.91. The zero-order valence-electron chi connectivity index (χ0n) is 15.1. The van der Waals surface area contributed by atoms with Gasteiger partial charge in [0, 0.05) is 29.6 Å². The number of carbonyl (C=O) groups is 1. The largest absolute Gasteiger partial charge is 0.335 e. The zero-order valence-corrected chi connectivity index (χ0v) is 16.8. The summed E-state index contributed by atoms with van der Waals surface area (Å²) in [5.74, 6) is 0.817. The van der Waals surface area contributed by atoms with Crippen molar-refractivity contribution < 1.29 is 13.2 Å². The van der Waals surface area contributed by atoms with Crippen molar-refractivity contribution in [1.29, 1.82) is 0 Å². The van der Waals surface area contributed by atoms with E-state index < -0.39 is 10.0 Å². The number of hydrogen-bond donors (Lipinski definition) is 0.